The Morgan fingerprint density at radius 2 is 1.05 bits per heavy atom. The van der Waals surface area contributed by atoms with E-state index in [2.05, 4.69) is 22.0 Å². The molecule has 21 heavy (non-hydrogen) atoms. The maximum Gasteiger partial charge on any atom is 0.248 e. The van der Waals surface area contributed by atoms with Crippen molar-refractivity contribution in [2.24, 2.45) is 0 Å². The number of benzene rings is 2. The molecule has 98 valence electrons. The average Bonchev–Trinajstić information content (AvgIpc) is 3.05. The molecule has 0 radical (unpaired) electrons. The Bertz CT molecular complexity index is 772. The van der Waals surface area contributed by atoms with Crippen LogP contribution in [0.4, 0.5) is 0 Å². The van der Waals surface area contributed by atoms with Crippen molar-refractivity contribution < 1.29 is 4.42 Å². The molecule has 0 aliphatic carbocycles. The number of rotatable bonds is 2. The van der Waals surface area contributed by atoms with E-state index in [0.29, 0.717) is 11.8 Å². The summed E-state index contributed by atoms with van der Waals surface area (Å²) in [6.45, 7) is 0. The first-order valence-corrected chi connectivity index (χ1v) is 6.28. The van der Waals surface area contributed by atoms with Gasteiger partial charge in [-0.25, -0.2) is 0 Å². The highest BCUT2D eigenvalue weighted by atomic mass is 16.4. The van der Waals surface area contributed by atoms with Crippen molar-refractivity contribution in [1.82, 2.24) is 10.2 Å². The SMILES string of the molecule is C#Cc1ccc(-c2nnc(-c3ccc(C#C)cc3)o2)cc1. The summed E-state index contributed by atoms with van der Waals surface area (Å²) in [5.41, 5.74) is 3.27. The van der Waals surface area contributed by atoms with E-state index in [0.717, 1.165) is 22.3 Å². The van der Waals surface area contributed by atoms with Crippen molar-refractivity contribution in [3.05, 3.63) is 59.7 Å². The van der Waals surface area contributed by atoms with E-state index < -0.39 is 0 Å². The van der Waals surface area contributed by atoms with E-state index >= 15 is 0 Å². The Morgan fingerprint density at radius 3 is 1.38 bits per heavy atom. The number of nitrogens with zero attached hydrogens (tertiary/aromatic N) is 2. The maximum absolute atomic E-state index is 5.68. The molecular formula is C18H10N2O. The van der Waals surface area contributed by atoms with Gasteiger partial charge in [-0.3, -0.25) is 0 Å². The Kier molecular flexibility index (Phi) is 3.25. The molecule has 0 saturated carbocycles. The Balaban J connectivity index is 1.92. The molecule has 2 aromatic carbocycles. The van der Waals surface area contributed by atoms with Gasteiger partial charge in [-0.05, 0) is 48.5 Å². The third-order valence-electron chi connectivity index (χ3n) is 3.02. The summed E-state index contributed by atoms with van der Waals surface area (Å²) in [5.74, 6) is 6.04. The van der Waals surface area contributed by atoms with Gasteiger partial charge in [0.15, 0.2) is 0 Å². The molecule has 0 fully saturated rings. The standard InChI is InChI=1S/C18H10N2O/c1-3-13-5-9-15(10-6-13)17-19-20-18(21-17)16-11-7-14(4-2)8-12-16/h1-2,5-12H. The van der Waals surface area contributed by atoms with Gasteiger partial charge >= 0.3 is 0 Å². The predicted molar refractivity (Wildman–Crippen MR) is 81.0 cm³/mol. The number of hydrogen-bond acceptors (Lipinski definition) is 3. The van der Waals surface area contributed by atoms with Gasteiger partial charge < -0.3 is 4.42 Å². The monoisotopic (exact) mass is 270 g/mol. The highest BCUT2D eigenvalue weighted by Crippen LogP contribution is 2.24. The first kappa shape index (κ1) is 12.7. The minimum atomic E-state index is 0.453. The summed E-state index contributed by atoms with van der Waals surface area (Å²) in [5, 5.41) is 8.10. The molecule has 1 heterocycles. The second kappa shape index (κ2) is 5.36. The van der Waals surface area contributed by atoms with Crippen LogP contribution in [-0.4, -0.2) is 10.2 Å². The molecule has 3 nitrogen and oxygen atoms in total. The van der Waals surface area contributed by atoms with Gasteiger partial charge in [0.2, 0.25) is 11.8 Å². The minimum Gasteiger partial charge on any atom is -0.416 e. The molecule has 3 heteroatoms. The van der Waals surface area contributed by atoms with Crippen LogP contribution in [0, 0.1) is 24.7 Å². The molecule has 0 N–H and O–H groups in total. The van der Waals surface area contributed by atoms with Crippen LogP contribution in [0.15, 0.2) is 52.9 Å². The van der Waals surface area contributed by atoms with Gasteiger partial charge in [0.1, 0.15) is 0 Å². The zero-order chi connectivity index (χ0) is 14.7. The van der Waals surface area contributed by atoms with E-state index in [1.807, 2.05) is 48.5 Å². The Morgan fingerprint density at radius 1 is 0.667 bits per heavy atom. The molecule has 1 aromatic heterocycles. The quantitative estimate of drug-likeness (QED) is 0.670. The van der Waals surface area contributed by atoms with E-state index in [-0.39, 0.29) is 0 Å². The summed E-state index contributed by atoms with van der Waals surface area (Å²) in [6.07, 6.45) is 10.7. The van der Waals surface area contributed by atoms with E-state index in [1.54, 1.807) is 0 Å². The fourth-order valence-corrected chi connectivity index (χ4v) is 1.87. The molecule has 0 aliphatic rings. The van der Waals surface area contributed by atoms with Crippen LogP contribution in [-0.2, 0) is 0 Å². The van der Waals surface area contributed by atoms with Crippen molar-refractivity contribution in [1.29, 1.82) is 0 Å². The highest BCUT2D eigenvalue weighted by molar-refractivity contribution is 5.59. The Hall–Kier alpha value is -3.30. The van der Waals surface area contributed by atoms with Crippen molar-refractivity contribution in [3.8, 4) is 47.6 Å². The summed E-state index contributed by atoms with van der Waals surface area (Å²) in [7, 11) is 0. The second-order valence-corrected chi connectivity index (χ2v) is 4.36. The fraction of sp³-hybridized carbons (Fsp3) is 0. The first-order chi connectivity index (χ1) is 10.3. The van der Waals surface area contributed by atoms with E-state index in [1.165, 1.54) is 0 Å². The first-order valence-electron chi connectivity index (χ1n) is 6.28. The maximum atomic E-state index is 5.68. The summed E-state index contributed by atoms with van der Waals surface area (Å²) in [4.78, 5) is 0. The number of aromatic nitrogens is 2. The van der Waals surface area contributed by atoms with E-state index in [4.69, 9.17) is 17.3 Å². The lowest BCUT2D eigenvalue weighted by atomic mass is 10.1. The zero-order valence-electron chi connectivity index (χ0n) is 11.1. The van der Waals surface area contributed by atoms with Crippen molar-refractivity contribution in [2.45, 2.75) is 0 Å². The third-order valence-corrected chi connectivity index (χ3v) is 3.02. The van der Waals surface area contributed by atoms with Crippen molar-refractivity contribution >= 4 is 0 Å². The average molecular weight is 270 g/mol. The molecule has 0 atom stereocenters. The molecule has 0 spiro atoms. The lowest BCUT2D eigenvalue weighted by molar-refractivity contribution is 0.584. The van der Waals surface area contributed by atoms with Crippen LogP contribution >= 0.6 is 0 Å². The topological polar surface area (TPSA) is 38.9 Å². The van der Waals surface area contributed by atoms with Crippen molar-refractivity contribution in [3.63, 3.8) is 0 Å². The largest absolute Gasteiger partial charge is 0.416 e. The summed E-state index contributed by atoms with van der Waals surface area (Å²) < 4.78 is 5.68. The molecule has 0 bridgehead atoms. The molecule has 3 rings (SSSR count). The smallest absolute Gasteiger partial charge is 0.248 e. The Labute approximate surface area is 122 Å². The van der Waals surface area contributed by atoms with Gasteiger partial charge in [-0.1, -0.05) is 11.8 Å². The lowest BCUT2D eigenvalue weighted by Crippen LogP contribution is -1.79. The lowest BCUT2D eigenvalue weighted by Gasteiger charge is -1.96. The molecule has 0 saturated heterocycles. The predicted octanol–water partition coefficient (Wildman–Crippen LogP) is 3.37. The zero-order valence-corrected chi connectivity index (χ0v) is 11.1. The van der Waals surface area contributed by atoms with Crippen molar-refractivity contribution in [2.75, 3.05) is 0 Å². The normalized spacial score (nSPS) is 9.81. The van der Waals surface area contributed by atoms with Crippen LogP contribution in [0.5, 0.6) is 0 Å². The third kappa shape index (κ3) is 2.54. The van der Waals surface area contributed by atoms with Crippen LogP contribution in [0.2, 0.25) is 0 Å². The van der Waals surface area contributed by atoms with E-state index in [9.17, 15) is 0 Å². The van der Waals surface area contributed by atoms with Gasteiger partial charge in [0.05, 0.1) is 0 Å². The highest BCUT2D eigenvalue weighted by Gasteiger charge is 2.10. The van der Waals surface area contributed by atoms with Gasteiger partial charge in [0, 0.05) is 22.3 Å². The van der Waals surface area contributed by atoms with Crippen LogP contribution < -0.4 is 0 Å². The molecular weight excluding hydrogens is 260 g/mol. The van der Waals surface area contributed by atoms with Gasteiger partial charge in [-0.2, -0.15) is 0 Å². The molecule has 3 aromatic rings. The van der Waals surface area contributed by atoms with Crippen LogP contribution in [0.3, 0.4) is 0 Å². The van der Waals surface area contributed by atoms with Gasteiger partial charge in [0.25, 0.3) is 0 Å². The number of hydrogen-bond donors (Lipinski definition) is 0. The van der Waals surface area contributed by atoms with Gasteiger partial charge in [-0.15, -0.1) is 23.0 Å². The summed E-state index contributed by atoms with van der Waals surface area (Å²) >= 11 is 0. The van der Waals surface area contributed by atoms with Crippen LogP contribution in [0.25, 0.3) is 22.9 Å². The summed E-state index contributed by atoms with van der Waals surface area (Å²) in [6, 6.07) is 14.8. The minimum absolute atomic E-state index is 0.453. The van der Waals surface area contributed by atoms with Crippen LogP contribution in [0.1, 0.15) is 11.1 Å². The molecule has 0 aliphatic heterocycles. The second-order valence-electron chi connectivity index (χ2n) is 4.36. The molecule has 0 amide bonds. The fourth-order valence-electron chi connectivity index (χ4n) is 1.87. The number of terminal acetylenes is 2. The molecule has 0 unspecified atom stereocenters.